The molecule has 12 heteroatoms. The predicted molar refractivity (Wildman–Crippen MR) is 129 cm³/mol. The molecule has 0 amide bonds. The zero-order chi connectivity index (χ0) is 25.9. The average Bonchev–Trinajstić information content (AvgIpc) is 3.59. The number of benzene rings is 2. The fourth-order valence-corrected chi connectivity index (χ4v) is 4.28. The summed E-state index contributed by atoms with van der Waals surface area (Å²) in [5.74, 6) is -0.725. The number of nitrogens with two attached hydrogens (primary N) is 1. The number of guanidine groups is 1. The van der Waals surface area contributed by atoms with Crippen molar-refractivity contribution in [3.05, 3.63) is 60.2 Å². The van der Waals surface area contributed by atoms with Gasteiger partial charge in [-0.25, -0.2) is 14.6 Å². The number of aryl methyl sites for hydroxylation is 1. The predicted octanol–water partition coefficient (Wildman–Crippen LogP) is 3.08. The smallest absolute Gasteiger partial charge is 0.356 e. The van der Waals surface area contributed by atoms with Crippen molar-refractivity contribution < 1.29 is 31.8 Å². The number of pyridine rings is 1. The van der Waals surface area contributed by atoms with Crippen LogP contribution in [0.5, 0.6) is 11.5 Å². The minimum Gasteiger partial charge on any atom is -0.493 e. The Hall–Kier alpha value is -3.90. The summed E-state index contributed by atoms with van der Waals surface area (Å²) in [5.41, 5.74) is 6.28. The molecular weight excluding hydrogens is 488 g/mol. The van der Waals surface area contributed by atoms with Gasteiger partial charge in [0.2, 0.25) is 0 Å². The fraction of sp³-hybridized carbons (Fsp3) is 0.292. The van der Waals surface area contributed by atoms with Crippen molar-refractivity contribution in [2.45, 2.75) is 31.7 Å². The lowest BCUT2D eigenvalue weighted by atomic mass is 10.1. The molecule has 1 heterocycles. The average molecular weight is 515 g/mol. The van der Waals surface area contributed by atoms with Crippen molar-refractivity contribution in [3.63, 3.8) is 0 Å². The lowest BCUT2D eigenvalue weighted by Gasteiger charge is -2.22. The summed E-state index contributed by atoms with van der Waals surface area (Å²) in [6.45, 7) is 3.32. The van der Waals surface area contributed by atoms with Gasteiger partial charge in [0.1, 0.15) is 11.5 Å². The van der Waals surface area contributed by atoms with Crippen LogP contribution in [0.15, 0.2) is 59.6 Å². The molecule has 1 aromatic heterocycles. The highest BCUT2D eigenvalue weighted by molar-refractivity contribution is 7.87. The first kappa shape index (κ1) is 25.2. The van der Waals surface area contributed by atoms with Crippen molar-refractivity contribution in [1.82, 2.24) is 10.2 Å². The molecule has 3 aromatic rings. The molecule has 3 N–H and O–H groups in total. The molecule has 0 aliphatic heterocycles. The second-order valence-corrected chi connectivity index (χ2v) is 10.1. The number of hydrogen-bond donors (Lipinski definition) is 2. The minimum absolute atomic E-state index is 0.0960. The van der Waals surface area contributed by atoms with Gasteiger partial charge >= 0.3 is 16.1 Å². The monoisotopic (exact) mass is 514 g/mol. The van der Waals surface area contributed by atoms with E-state index in [1.54, 1.807) is 37.3 Å². The molecular formula is C24H26N4O7S. The first-order valence-corrected chi connectivity index (χ1v) is 12.5. The Labute approximate surface area is 208 Å². The molecule has 2 aromatic carbocycles. The van der Waals surface area contributed by atoms with Crippen LogP contribution in [0.2, 0.25) is 0 Å². The van der Waals surface area contributed by atoms with E-state index in [1.165, 1.54) is 19.1 Å². The van der Waals surface area contributed by atoms with Gasteiger partial charge < -0.3 is 19.5 Å². The Morgan fingerprint density at radius 3 is 2.53 bits per heavy atom. The van der Waals surface area contributed by atoms with Crippen LogP contribution in [0, 0.1) is 17.7 Å². The number of para-hydroxylation sites is 1. The van der Waals surface area contributed by atoms with Crippen LogP contribution in [-0.4, -0.2) is 43.8 Å². The number of aromatic nitrogens is 1. The normalized spacial score (nSPS) is 14.2. The minimum atomic E-state index is -4.17. The van der Waals surface area contributed by atoms with E-state index in [-0.39, 0.29) is 29.4 Å². The van der Waals surface area contributed by atoms with E-state index in [9.17, 15) is 13.2 Å². The highest BCUT2D eigenvalue weighted by atomic mass is 32.2. The van der Waals surface area contributed by atoms with Gasteiger partial charge in [-0.05, 0) is 60.9 Å². The first-order chi connectivity index (χ1) is 17.1. The molecule has 1 fully saturated rings. The van der Waals surface area contributed by atoms with E-state index < -0.39 is 22.0 Å². The third-order valence-electron chi connectivity index (χ3n) is 5.46. The van der Waals surface area contributed by atoms with E-state index in [1.807, 2.05) is 12.1 Å². The maximum atomic E-state index is 12.9. The van der Waals surface area contributed by atoms with Gasteiger partial charge in [-0.2, -0.15) is 8.42 Å². The lowest BCUT2D eigenvalue weighted by molar-refractivity contribution is -0.304. The van der Waals surface area contributed by atoms with Crippen molar-refractivity contribution in [3.8, 4) is 11.5 Å². The van der Waals surface area contributed by atoms with E-state index in [0.29, 0.717) is 16.5 Å². The van der Waals surface area contributed by atoms with Gasteiger partial charge in [-0.15, -0.1) is 0 Å². The number of hydroxylamine groups is 2. The topological polar surface area (TPSA) is 154 Å². The summed E-state index contributed by atoms with van der Waals surface area (Å²) in [6, 6.07) is 15.1. The van der Waals surface area contributed by atoms with E-state index in [4.69, 9.17) is 29.7 Å². The Kier molecular flexibility index (Phi) is 7.00. The van der Waals surface area contributed by atoms with Crippen LogP contribution < -0.4 is 14.7 Å². The third kappa shape index (κ3) is 6.20. The van der Waals surface area contributed by atoms with E-state index in [0.717, 1.165) is 23.8 Å². The molecule has 1 aliphatic carbocycles. The number of carbonyl (C=O) groups excluding carboxylic acids is 1. The molecule has 11 nitrogen and oxygen atoms in total. The zero-order valence-corrected chi connectivity index (χ0v) is 20.6. The molecule has 0 saturated heterocycles. The number of fused-ring (bicyclic) bond motifs is 1. The Morgan fingerprint density at radius 2 is 1.83 bits per heavy atom. The highest BCUT2D eigenvalue weighted by Gasteiger charge is 2.45. The summed E-state index contributed by atoms with van der Waals surface area (Å²) in [5, 5.41) is 8.62. The van der Waals surface area contributed by atoms with Gasteiger partial charge in [0.25, 0.3) is 5.96 Å². The quantitative estimate of drug-likeness (QED) is 0.188. The second-order valence-electron chi connectivity index (χ2n) is 8.65. The van der Waals surface area contributed by atoms with Crippen LogP contribution >= 0.6 is 0 Å². The highest BCUT2D eigenvalue weighted by Crippen LogP contribution is 2.46. The van der Waals surface area contributed by atoms with Crippen molar-refractivity contribution in [2.24, 2.45) is 11.1 Å². The molecule has 0 bridgehead atoms. The molecule has 0 radical (unpaired) electrons. The van der Waals surface area contributed by atoms with Crippen LogP contribution in [0.1, 0.15) is 25.3 Å². The van der Waals surface area contributed by atoms with Gasteiger partial charge in [0.05, 0.1) is 18.7 Å². The summed E-state index contributed by atoms with van der Waals surface area (Å²) in [6.07, 6.45) is 1.58. The third-order valence-corrected chi connectivity index (χ3v) is 6.61. The van der Waals surface area contributed by atoms with Crippen LogP contribution in [0.25, 0.3) is 10.9 Å². The number of carbonyl (C=O) groups is 1. The van der Waals surface area contributed by atoms with Crippen LogP contribution in [-0.2, 0) is 24.6 Å². The fourth-order valence-electron chi connectivity index (χ4n) is 3.40. The summed E-state index contributed by atoms with van der Waals surface area (Å²) in [4.78, 5) is 25.5. The SMILES string of the molecule is CC(=O)ON(OCC1(COc2cc(C)cc(OS(=O)(=O)c3ccc4ccccc4n3)c2)CC1)C(=N)N. The molecule has 1 saturated carbocycles. The van der Waals surface area contributed by atoms with E-state index >= 15 is 0 Å². The van der Waals surface area contributed by atoms with Gasteiger partial charge in [0, 0.05) is 23.8 Å². The summed E-state index contributed by atoms with van der Waals surface area (Å²) >= 11 is 0. The summed E-state index contributed by atoms with van der Waals surface area (Å²) in [7, 11) is -4.17. The number of nitrogens with zero attached hydrogens (tertiary/aromatic N) is 2. The first-order valence-electron chi connectivity index (χ1n) is 11.1. The summed E-state index contributed by atoms with van der Waals surface area (Å²) < 4.78 is 37.0. The molecule has 0 atom stereocenters. The second kappa shape index (κ2) is 9.99. The standard InChI is InChI=1S/C24H26N4O7S/c1-16-11-19(32-14-24(9-10-24)15-33-28(23(25)26)34-17(2)29)13-20(12-16)35-36(30,31)22-8-7-18-5-3-4-6-21(18)27-22/h3-8,11-13H,9-10,14-15H2,1-2H3,(H3,25,26). The number of ether oxygens (including phenoxy) is 1. The van der Waals surface area contributed by atoms with Gasteiger partial charge in [0.15, 0.2) is 5.03 Å². The van der Waals surface area contributed by atoms with Gasteiger partial charge in [-0.1, -0.05) is 18.2 Å². The lowest BCUT2D eigenvalue weighted by Crippen LogP contribution is -2.39. The Bertz CT molecular complexity index is 1410. The molecule has 0 spiro atoms. The Morgan fingerprint density at radius 1 is 1.11 bits per heavy atom. The van der Waals surface area contributed by atoms with Gasteiger partial charge in [-0.3, -0.25) is 5.41 Å². The number of nitrogens with one attached hydrogen (secondary N) is 1. The largest absolute Gasteiger partial charge is 0.493 e. The van der Waals surface area contributed by atoms with Crippen molar-refractivity contribution in [2.75, 3.05) is 13.2 Å². The number of rotatable bonds is 9. The van der Waals surface area contributed by atoms with Crippen molar-refractivity contribution in [1.29, 1.82) is 5.41 Å². The van der Waals surface area contributed by atoms with E-state index in [2.05, 4.69) is 4.98 Å². The molecule has 0 unspecified atom stereocenters. The van der Waals surface area contributed by atoms with Crippen LogP contribution in [0.3, 0.4) is 0 Å². The van der Waals surface area contributed by atoms with Crippen LogP contribution in [0.4, 0.5) is 0 Å². The Balaban J connectivity index is 1.42. The maximum Gasteiger partial charge on any atom is 0.356 e. The zero-order valence-electron chi connectivity index (χ0n) is 19.8. The van der Waals surface area contributed by atoms with Crippen molar-refractivity contribution >= 4 is 32.9 Å². The molecule has 190 valence electrons. The molecule has 36 heavy (non-hydrogen) atoms. The molecule has 1 aliphatic rings. The number of hydrogen-bond acceptors (Lipinski definition) is 9. The maximum absolute atomic E-state index is 12.9. The molecule has 4 rings (SSSR count).